The number of hydrogen-bond acceptors (Lipinski definition) is 4. The molecule has 5 nitrogen and oxygen atoms in total. The van der Waals surface area contributed by atoms with Crippen molar-refractivity contribution in [2.24, 2.45) is 5.73 Å². The monoisotopic (exact) mass is 285 g/mol. The van der Waals surface area contributed by atoms with Crippen molar-refractivity contribution in [2.75, 3.05) is 20.2 Å². The van der Waals surface area contributed by atoms with Gasteiger partial charge in [0, 0.05) is 30.6 Å². The Hall–Kier alpha value is -2.14. The molecule has 2 N–H and O–H groups in total. The number of ether oxygens (including phenoxy) is 1. The van der Waals surface area contributed by atoms with E-state index < -0.39 is 0 Å². The summed E-state index contributed by atoms with van der Waals surface area (Å²) in [6.07, 6.45) is 0.864. The quantitative estimate of drug-likeness (QED) is 0.912. The number of hydrogen-bond donors (Lipinski definition) is 1. The number of methoxy groups -OCH3 is 1. The van der Waals surface area contributed by atoms with E-state index in [1.807, 2.05) is 36.1 Å². The van der Waals surface area contributed by atoms with Crippen LogP contribution in [0, 0.1) is 6.92 Å². The lowest BCUT2D eigenvalue weighted by Crippen LogP contribution is -2.32. The van der Waals surface area contributed by atoms with Gasteiger partial charge >= 0.3 is 0 Å². The largest absolute Gasteiger partial charge is 0.497 e. The van der Waals surface area contributed by atoms with E-state index in [1.165, 1.54) is 0 Å². The highest BCUT2D eigenvalue weighted by Crippen LogP contribution is 2.23. The fourth-order valence-electron chi connectivity index (χ4n) is 2.73. The van der Waals surface area contributed by atoms with Gasteiger partial charge in [-0.1, -0.05) is 0 Å². The van der Waals surface area contributed by atoms with Crippen LogP contribution in [0.5, 0.6) is 5.75 Å². The molecular weight excluding hydrogens is 266 g/mol. The molecule has 1 saturated heterocycles. The van der Waals surface area contributed by atoms with Gasteiger partial charge < -0.3 is 15.4 Å². The molecule has 0 radical (unpaired) electrons. The van der Waals surface area contributed by atoms with Gasteiger partial charge in [-0.25, -0.2) is 0 Å². The summed E-state index contributed by atoms with van der Waals surface area (Å²) in [5, 5.41) is 0.938. The number of aromatic nitrogens is 1. The third-order valence-electron chi connectivity index (χ3n) is 3.96. The van der Waals surface area contributed by atoms with Crippen LogP contribution in [0.4, 0.5) is 0 Å². The molecule has 110 valence electrons. The van der Waals surface area contributed by atoms with Gasteiger partial charge in [-0.2, -0.15) is 0 Å². The van der Waals surface area contributed by atoms with E-state index in [4.69, 9.17) is 10.5 Å². The summed E-state index contributed by atoms with van der Waals surface area (Å²) in [7, 11) is 1.63. The number of nitrogens with two attached hydrogens (primary N) is 1. The van der Waals surface area contributed by atoms with Crippen LogP contribution in [0.2, 0.25) is 0 Å². The molecule has 1 aliphatic rings. The summed E-state index contributed by atoms with van der Waals surface area (Å²) in [5.74, 6) is 0.782. The Morgan fingerprint density at radius 2 is 2.24 bits per heavy atom. The second kappa shape index (κ2) is 5.33. The Morgan fingerprint density at radius 1 is 1.43 bits per heavy atom. The van der Waals surface area contributed by atoms with Gasteiger partial charge in [-0.05, 0) is 31.5 Å². The topological polar surface area (TPSA) is 68.5 Å². The highest BCUT2D eigenvalue weighted by Gasteiger charge is 2.26. The number of rotatable bonds is 2. The molecule has 1 atom stereocenters. The highest BCUT2D eigenvalue weighted by atomic mass is 16.5. The minimum Gasteiger partial charge on any atom is -0.497 e. The van der Waals surface area contributed by atoms with Gasteiger partial charge in [0.05, 0.1) is 23.9 Å². The first kappa shape index (κ1) is 13.8. The number of carbonyl (C=O) groups excluding carboxylic acids is 1. The molecule has 0 saturated carbocycles. The zero-order valence-electron chi connectivity index (χ0n) is 12.3. The predicted molar refractivity (Wildman–Crippen MR) is 81.5 cm³/mol. The van der Waals surface area contributed by atoms with Crippen LogP contribution < -0.4 is 10.5 Å². The predicted octanol–water partition coefficient (Wildman–Crippen LogP) is 1.73. The van der Waals surface area contributed by atoms with Gasteiger partial charge in [0.1, 0.15) is 5.75 Å². The summed E-state index contributed by atoms with van der Waals surface area (Å²) in [5.41, 5.74) is 8.10. The molecule has 1 amide bonds. The minimum absolute atomic E-state index is 0.0191. The molecule has 2 aromatic rings. The number of benzene rings is 1. The molecular formula is C16H19N3O2. The van der Waals surface area contributed by atoms with E-state index in [2.05, 4.69) is 4.98 Å². The molecule has 1 aromatic heterocycles. The number of likely N-dealkylation sites (tertiary alicyclic amines) is 1. The molecule has 1 fully saturated rings. The maximum atomic E-state index is 12.6. The number of nitrogens with zero attached hydrogens (tertiary/aromatic N) is 2. The van der Waals surface area contributed by atoms with Gasteiger partial charge in [-0.15, -0.1) is 0 Å². The molecule has 2 heterocycles. The molecule has 0 spiro atoms. The lowest BCUT2D eigenvalue weighted by Gasteiger charge is -2.17. The summed E-state index contributed by atoms with van der Waals surface area (Å²) < 4.78 is 5.20. The summed E-state index contributed by atoms with van der Waals surface area (Å²) >= 11 is 0. The van der Waals surface area contributed by atoms with Gasteiger partial charge in [0.2, 0.25) is 0 Å². The first-order chi connectivity index (χ1) is 10.1. The first-order valence-electron chi connectivity index (χ1n) is 7.08. The maximum Gasteiger partial charge on any atom is 0.255 e. The second-order valence-electron chi connectivity index (χ2n) is 5.48. The number of amides is 1. The van der Waals surface area contributed by atoms with Crippen molar-refractivity contribution >= 4 is 16.8 Å². The minimum atomic E-state index is 0.0191. The zero-order valence-corrected chi connectivity index (χ0v) is 12.3. The summed E-state index contributed by atoms with van der Waals surface area (Å²) in [4.78, 5) is 18.9. The number of pyridine rings is 1. The van der Waals surface area contributed by atoms with Gasteiger partial charge in [0.15, 0.2) is 0 Å². The standard InChI is InChI=1S/C16H19N3O2/c1-10-14(16(20)19-6-5-12(17)9-19)7-11-3-4-13(21-2)8-15(11)18-10/h3-4,7-8,12H,5-6,9,17H2,1-2H3/t12-/m1/s1. The highest BCUT2D eigenvalue weighted by molar-refractivity contribution is 5.99. The SMILES string of the molecule is COc1ccc2cc(C(=O)N3CC[C@@H](N)C3)c(C)nc2c1. The molecule has 5 heteroatoms. The third kappa shape index (κ3) is 2.56. The van der Waals surface area contributed by atoms with Crippen LogP contribution in [0.25, 0.3) is 10.9 Å². The fourth-order valence-corrected chi connectivity index (χ4v) is 2.73. The van der Waals surface area contributed by atoms with Crippen molar-refractivity contribution in [2.45, 2.75) is 19.4 Å². The Balaban J connectivity index is 1.99. The van der Waals surface area contributed by atoms with Crippen LogP contribution in [-0.2, 0) is 0 Å². The van der Waals surface area contributed by atoms with E-state index in [0.717, 1.165) is 35.3 Å². The number of carbonyl (C=O) groups is 1. The van der Waals surface area contributed by atoms with Gasteiger partial charge in [0.25, 0.3) is 5.91 Å². The van der Waals surface area contributed by atoms with Crippen molar-refractivity contribution in [1.82, 2.24) is 9.88 Å². The van der Waals surface area contributed by atoms with E-state index in [9.17, 15) is 4.79 Å². The average molecular weight is 285 g/mol. The average Bonchev–Trinajstić information content (AvgIpc) is 2.91. The van der Waals surface area contributed by atoms with Gasteiger partial charge in [-0.3, -0.25) is 9.78 Å². The van der Waals surface area contributed by atoms with E-state index in [-0.39, 0.29) is 11.9 Å². The van der Waals surface area contributed by atoms with E-state index in [1.54, 1.807) is 7.11 Å². The molecule has 0 aliphatic carbocycles. The number of aryl methyl sites for hydroxylation is 1. The molecule has 0 unspecified atom stereocenters. The summed E-state index contributed by atoms with van der Waals surface area (Å²) in [6, 6.07) is 7.67. The molecule has 0 bridgehead atoms. The second-order valence-corrected chi connectivity index (χ2v) is 5.48. The van der Waals surface area contributed by atoms with Crippen molar-refractivity contribution in [3.05, 3.63) is 35.5 Å². The van der Waals surface area contributed by atoms with Crippen molar-refractivity contribution in [1.29, 1.82) is 0 Å². The van der Waals surface area contributed by atoms with Crippen molar-refractivity contribution in [3.8, 4) is 5.75 Å². The number of fused-ring (bicyclic) bond motifs is 1. The van der Waals surface area contributed by atoms with E-state index in [0.29, 0.717) is 12.1 Å². The van der Waals surface area contributed by atoms with Crippen molar-refractivity contribution in [3.63, 3.8) is 0 Å². The molecule has 21 heavy (non-hydrogen) atoms. The first-order valence-corrected chi connectivity index (χ1v) is 7.08. The van der Waals surface area contributed by atoms with E-state index >= 15 is 0 Å². The fraction of sp³-hybridized carbons (Fsp3) is 0.375. The van der Waals surface area contributed by atoms with Crippen LogP contribution >= 0.6 is 0 Å². The lowest BCUT2D eigenvalue weighted by atomic mass is 10.1. The maximum absolute atomic E-state index is 12.6. The Morgan fingerprint density at radius 3 is 2.90 bits per heavy atom. The molecule has 3 rings (SSSR count). The van der Waals surface area contributed by atoms with Crippen LogP contribution in [0.15, 0.2) is 24.3 Å². The normalized spacial score (nSPS) is 18.2. The van der Waals surface area contributed by atoms with Crippen LogP contribution in [-0.4, -0.2) is 42.0 Å². The molecule has 1 aromatic carbocycles. The Bertz CT molecular complexity index is 699. The van der Waals surface area contributed by atoms with Crippen molar-refractivity contribution < 1.29 is 9.53 Å². The Labute approximate surface area is 123 Å². The van der Waals surface area contributed by atoms with Crippen LogP contribution in [0.3, 0.4) is 0 Å². The zero-order chi connectivity index (χ0) is 15.0. The lowest BCUT2D eigenvalue weighted by molar-refractivity contribution is 0.0790. The smallest absolute Gasteiger partial charge is 0.255 e. The molecule has 1 aliphatic heterocycles. The van der Waals surface area contributed by atoms with Crippen LogP contribution in [0.1, 0.15) is 22.5 Å². The summed E-state index contributed by atoms with van der Waals surface area (Å²) in [6.45, 7) is 3.21. The third-order valence-corrected chi connectivity index (χ3v) is 3.96. The Kier molecular flexibility index (Phi) is 3.51.